The minimum absolute atomic E-state index is 0.305. The number of halogens is 1. The van der Waals surface area contributed by atoms with Gasteiger partial charge < -0.3 is 4.74 Å². The lowest BCUT2D eigenvalue weighted by molar-refractivity contribution is 0.0155. The van der Waals surface area contributed by atoms with Crippen LogP contribution in [0.2, 0.25) is 0 Å². The van der Waals surface area contributed by atoms with Crippen LogP contribution in [0.15, 0.2) is 22.8 Å². The number of rotatable bonds is 2. The van der Waals surface area contributed by atoms with Crippen molar-refractivity contribution in [2.45, 2.75) is 31.8 Å². The lowest BCUT2D eigenvalue weighted by atomic mass is 10.1. The van der Waals surface area contributed by atoms with Gasteiger partial charge in [0.2, 0.25) is 0 Å². The van der Waals surface area contributed by atoms with E-state index in [0.717, 1.165) is 35.4 Å². The molecule has 1 unspecified atom stereocenters. The first kappa shape index (κ1) is 11.2. The van der Waals surface area contributed by atoms with Gasteiger partial charge >= 0.3 is 0 Å². The molecule has 1 atom stereocenters. The van der Waals surface area contributed by atoms with E-state index in [1.54, 1.807) is 0 Å². The molecule has 1 aliphatic heterocycles. The Bertz CT molecular complexity index is 519. The Morgan fingerprint density at radius 1 is 1.41 bits per heavy atom. The van der Waals surface area contributed by atoms with Gasteiger partial charge in [-0.25, -0.2) is 0 Å². The number of aromatic nitrogens is 3. The largest absolute Gasteiger partial charge is 0.378 e. The van der Waals surface area contributed by atoms with Crippen molar-refractivity contribution in [2.75, 3.05) is 6.61 Å². The molecule has 0 radical (unpaired) electrons. The Hall–Kier alpha value is -0.940. The molecule has 2 aromatic heterocycles. The van der Waals surface area contributed by atoms with Gasteiger partial charge in [-0.2, -0.15) is 0 Å². The maximum absolute atomic E-state index is 5.73. The summed E-state index contributed by atoms with van der Waals surface area (Å²) in [5.41, 5.74) is 0.880. The van der Waals surface area contributed by atoms with Crippen LogP contribution in [0.1, 0.15) is 25.1 Å². The summed E-state index contributed by atoms with van der Waals surface area (Å²) in [5.74, 6) is 0.986. The van der Waals surface area contributed by atoms with E-state index in [4.69, 9.17) is 4.74 Å². The van der Waals surface area contributed by atoms with Crippen molar-refractivity contribution in [3.8, 4) is 0 Å². The van der Waals surface area contributed by atoms with Gasteiger partial charge in [0.1, 0.15) is 5.82 Å². The molecule has 5 heteroatoms. The standard InChI is InChI=1S/C12H14BrN3O/c13-9-4-5-16-11(7-9)14-15-12(16)8-10-3-1-2-6-17-10/h4-5,7,10H,1-3,6,8H2. The predicted octanol–water partition coefficient (Wildman–Crippen LogP) is 2.60. The van der Waals surface area contributed by atoms with Gasteiger partial charge in [-0.1, -0.05) is 15.9 Å². The Labute approximate surface area is 108 Å². The Balaban J connectivity index is 1.84. The molecule has 0 spiro atoms. The number of pyridine rings is 1. The highest BCUT2D eigenvalue weighted by Crippen LogP contribution is 2.18. The van der Waals surface area contributed by atoms with Crippen LogP contribution < -0.4 is 0 Å². The van der Waals surface area contributed by atoms with Crippen molar-refractivity contribution in [2.24, 2.45) is 0 Å². The zero-order valence-corrected chi connectivity index (χ0v) is 11.1. The molecule has 0 aromatic carbocycles. The van der Waals surface area contributed by atoms with Crippen LogP contribution in [0.25, 0.3) is 5.65 Å². The minimum atomic E-state index is 0.305. The van der Waals surface area contributed by atoms with Gasteiger partial charge in [0.05, 0.1) is 6.10 Å². The Kier molecular flexibility index (Phi) is 3.11. The number of nitrogens with zero attached hydrogens (tertiary/aromatic N) is 3. The molecule has 0 N–H and O–H groups in total. The third-order valence-electron chi connectivity index (χ3n) is 3.13. The molecule has 0 saturated carbocycles. The van der Waals surface area contributed by atoms with E-state index in [-0.39, 0.29) is 0 Å². The molecule has 1 saturated heterocycles. The van der Waals surface area contributed by atoms with Crippen LogP contribution in [-0.2, 0) is 11.2 Å². The molecule has 3 rings (SSSR count). The average Bonchev–Trinajstić information content (AvgIpc) is 2.73. The molecule has 90 valence electrons. The van der Waals surface area contributed by atoms with Gasteiger partial charge in [-0.15, -0.1) is 10.2 Å². The molecule has 17 heavy (non-hydrogen) atoms. The Morgan fingerprint density at radius 3 is 3.18 bits per heavy atom. The highest BCUT2D eigenvalue weighted by molar-refractivity contribution is 9.10. The molecule has 0 bridgehead atoms. The van der Waals surface area contributed by atoms with Gasteiger partial charge in [0.15, 0.2) is 5.65 Å². The first-order valence-electron chi connectivity index (χ1n) is 5.94. The van der Waals surface area contributed by atoms with Crippen LogP contribution in [-0.4, -0.2) is 27.3 Å². The van der Waals surface area contributed by atoms with Gasteiger partial charge in [0, 0.05) is 23.7 Å². The zero-order chi connectivity index (χ0) is 11.7. The summed E-state index contributed by atoms with van der Waals surface area (Å²) in [6, 6.07) is 3.97. The molecule has 3 heterocycles. The molecule has 1 aliphatic rings. The molecular weight excluding hydrogens is 282 g/mol. The van der Waals surface area contributed by atoms with E-state index in [9.17, 15) is 0 Å². The van der Waals surface area contributed by atoms with E-state index in [0.29, 0.717) is 6.10 Å². The minimum Gasteiger partial charge on any atom is -0.378 e. The second kappa shape index (κ2) is 4.74. The molecule has 2 aromatic rings. The first-order chi connectivity index (χ1) is 8.33. The Morgan fingerprint density at radius 2 is 2.35 bits per heavy atom. The summed E-state index contributed by atoms with van der Waals surface area (Å²) in [4.78, 5) is 0. The summed E-state index contributed by atoms with van der Waals surface area (Å²) in [6.07, 6.45) is 6.72. The lowest BCUT2D eigenvalue weighted by Gasteiger charge is -2.21. The van der Waals surface area contributed by atoms with Crippen LogP contribution >= 0.6 is 15.9 Å². The summed E-state index contributed by atoms with van der Waals surface area (Å²) in [6.45, 7) is 0.882. The topological polar surface area (TPSA) is 39.4 Å². The number of hydrogen-bond donors (Lipinski definition) is 0. The SMILES string of the molecule is Brc1ccn2c(CC3CCCCO3)nnc2c1. The highest BCUT2D eigenvalue weighted by Gasteiger charge is 2.17. The van der Waals surface area contributed by atoms with Crippen molar-refractivity contribution in [1.29, 1.82) is 0 Å². The normalized spacial score (nSPS) is 20.9. The van der Waals surface area contributed by atoms with E-state index in [1.165, 1.54) is 12.8 Å². The zero-order valence-electron chi connectivity index (χ0n) is 9.47. The van der Waals surface area contributed by atoms with E-state index in [2.05, 4.69) is 26.1 Å². The number of ether oxygens (including phenoxy) is 1. The fraction of sp³-hybridized carbons (Fsp3) is 0.500. The van der Waals surface area contributed by atoms with Gasteiger partial charge in [0.25, 0.3) is 0 Å². The van der Waals surface area contributed by atoms with E-state index < -0.39 is 0 Å². The fourth-order valence-corrected chi connectivity index (χ4v) is 2.55. The van der Waals surface area contributed by atoms with Crippen LogP contribution in [0, 0.1) is 0 Å². The van der Waals surface area contributed by atoms with Crippen molar-refractivity contribution in [3.05, 3.63) is 28.6 Å². The third-order valence-corrected chi connectivity index (χ3v) is 3.62. The van der Waals surface area contributed by atoms with Gasteiger partial charge in [-0.05, 0) is 31.4 Å². The van der Waals surface area contributed by atoms with Crippen LogP contribution in [0.3, 0.4) is 0 Å². The monoisotopic (exact) mass is 295 g/mol. The lowest BCUT2D eigenvalue weighted by Crippen LogP contribution is -2.22. The molecule has 1 fully saturated rings. The van der Waals surface area contributed by atoms with Gasteiger partial charge in [-0.3, -0.25) is 4.40 Å². The van der Waals surface area contributed by atoms with Crippen molar-refractivity contribution < 1.29 is 4.74 Å². The quantitative estimate of drug-likeness (QED) is 0.855. The molecule has 4 nitrogen and oxygen atoms in total. The maximum Gasteiger partial charge on any atom is 0.161 e. The summed E-state index contributed by atoms with van der Waals surface area (Å²) >= 11 is 3.43. The fourth-order valence-electron chi connectivity index (χ4n) is 2.23. The third kappa shape index (κ3) is 2.35. The highest BCUT2D eigenvalue weighted by atomic mass is 79.9. The average molecular weight is 296 g/mol. The molecular formula is C12H14BrN3O. The molecule has 0 aliphatic carbocycles. The number of fused-ring (bicyclic) bond motifs is 1. The summed E-state index contributed by atoms with van der Waals surface area (Å²) < 4.78 is 8.79. The van der Waals surface area contributed by atoms with Crippen molar-refractivity contribution >= 4 is 21.6 Å². The number of hydrogen-bond acceptors (Lipinski definition) is 3. The summed E-state index contributed by atoms with van der Waals surface area (Å²) in [5, 5.41) is 8.42. The maximum atomic E-state index is 5.73. The second-order valence-corrected chi connectivity index (χ2v) is 5.30. The smallest absolute Gasteiger partial charge is 0.161 e. The summed E-state index contributed by atoms with van der Waals surface area (Å²) in [7, 11) is 0. The van der Waals surface area contributed by atoms with E-state index in [1.807, 2.05) is 22.7 Å². The second-order valence-electron chi connectivity index (χ2n) is 4.38. The van der Waals surface area contributed by atoms with Crippen LogP contribution in [0.4, 0.5) is 0 Å². The molecule has 0 amide bonds. The van der Waals surface area contributed by atoms with Crippen molar-refractivity contribution in [1.82, 2.24) is 14.6 Å². The van der Waals surface area contributed by atoms with Crippen molar-refractivity contribution in [3.63, 3.8) is 0 Å². The first-order valence-corrected chi connectivity index (χ1v) is 6.73. The van der Waals surface area contributed by atoms with Crippen LogP contribution in [0.5, 0.6) is 0 Å². The van der Waals surface area contributed by atoms with E-state index >= 15 is 0 Å². The predicted molar refractivity (Wildman–Crippen MR) is 68.0 cm³/mol.